The van der Waals surface area contributed by atoms with Crippen LogP contribution in [0.5, 0.6) is 0 Å². The minimum absolute atomic E-state index is 0.258. The Hall–Kier alpha value is -1.55. The summed E-state index contributed by atoms with van der Waals surface area (Å²) in [7, 11) is 0. The van der Waals surface area contributed by atoms with E-state index < -0.39 is 0 Å². The summed E-state index contributed by atoms with van der Waals surface area (Å²) in [5, 5.41) is 7.83. The second-order valence-electron chi connectivity index (χ2n) is 3.74. The zero-order chi connectivity index (χ0) is 11.0. The maximum Gasteiger partial charge on any atom is 0.318 e. The van der Waals surface area contributed by atoms with E-state index in [1.165, 1.54) is 11.1 Å². The number of anilines is 1. The van der Waals surface area contributed by atoms with E-state index in [-0.39, 0.29) is 5.88 Å². The third kappa shape index (κ3) is 1.55. The third-order valence-corrected chi connectivity index (χ3v) is 2.91. The van der Waals surface area contributed by atoms with Crippen molar-refractivity contribution in [1.29, 1.82) is 0 Å². The first-order valence-electron chi connectivity index (χ1n) is 5.07. The van der Waals surface area contributed by atoms with Crippen LogP contribution in [-0.2, 0) is 19.0 Å². The van der Waals surface area contributed by atoms with Crippen LogP contribution in [0, 0.1) is 0 Å². The molecule has 1 aliphatic heterocycles. The molecule has 5 heteroatoms. The molecule has 0 radical (unpaired) electrons. The van der Waals surface area contributed by atoms with Crippen LogP contribution in [0.15, 0.2) is 28.7 Å². The predicted molar refractivity (Wildman–Crippen MR) is 60.2 cm³/mol. The van der Waals surface area contributed by atoms with E-state index in [9.17, 15) is 0 Å². The lowest BCUT2D eigenvalue weighted by Gasteiger charge is -2.10. The Labute approximate surface area is 97.8 Å². The number of alkyl halides is 1. The molecule has 0 spiro atoms. The minimum atomic E-state index is 0.258. The van der Waals surface area contributed by atoms with Crippen molar-refractivity contribution < 1.29 is 4.42 Å². The Bertz CT molecular complexity index is 486. The summed E-state index contributed by atoms with van der Waals surface area (Å²) < 4.78 is 5.42. The number of hydrogen-bond acceptors (Lipinski definition) is 4. The van der Waals surface area contributed by atoms with Gasteiger partial charge in [0.25, 0.3) is 0 Å². The minimum Gasteiger partial charge on any atom is -0.407 e. The van der Waals surface area contributed by atoms with Crippen molar-refractivity contribution >= 4 is 17.6 Å². The molecule has 3 rings (SSSR count). The van der Waals surface area contributed by atoms with Crippen LogP contribution in [0.3, 0.4) is 0 Å². The number of rotatable bonds is 2. The molecular weight excluding hydrogens is 226 g/mol. The summed E-state index contributed by atoms with van der Waals surface area (Å²) in [6.07, 6.45) is 0. The lowest BCUT2D eigenvalue weighted by atomic mass is 10.1. The molecule has 0 fully saturated rings. The van der Waals surface area contributed by atoms with Gasteiger partial charge in [-0.2, -0.15) is 0 Å². The van der Waals surface area contributed by atoms with Crippen LogP contribution in [0.1, 0.15) is 17.0 Å². The Kier molecular flexibility index (Phi) is 2.29. The zero-order valence-corrected chi connectivity index (χ0v) is 9.31. The second-order valence-corrected chi connectivity index (χ2v) is 4.00. The number of halogens is 1. The molecule has 1 aromatic carbocycles. The average molecular weight is 236 g/mol. The van der Waals surface area contributed by atoms with Crippen LogP contribution >= 0.6 is 11.6 Å². The molecule has 82 valence electrons. The van der Waals surface area contributed by atoms with E-state index in [2.05, 4.69) is 22.3 Å². The van der Waals surface area contributed by atoms with Crippen molar-refractivity contribution in [2.24, 2.45) is 0 Å². The first-order chi connectivity index (χ1) is 7.86. The Morgan fingerprint density at radius 1 is 1.19 bits per heavy atom. The molecule has 0 bridgehead atoms. The summed E-state index contributed by atoms with van der Waals surface area (Å²) in [4.78, 5) is 2.05. The average Bonchev–Trinajstić information content (AvgIpc) is 2.95. The van der Waals surface area contributed by atoms with E-state index in [0.717, 1.165) is 13.1 Å². The molecule has 0 amide bonds. The molecular formula is C11H10ClN3O. The fourth-order valence-corrected chi connectivity index (χ4v) is 2.00. The molecule has 2 heterocycles. The van der Waals surface area contributed by atoms with Crippen molar-refractivity contribution in [3.63, 3.8) is 0 Å². The van der Waals surface area contributed by atoms with Gasteiger partial charge < -0.3 is 9.32 Å². The van der Waals surface area contributed by atoms with E-state index in [1.54, 1.807) is 0 Å². The van der Waals surface area contributed by atoms with Gasteiger partial charge in [-0.15, -0.1) is 16.7 Å². The molecule has 4 nitrogen and oxygen atoms in total. The predicted octanol–water partition coefficient (Wildman–Crippen LogP) is 2.33. The molecule has 2 aromatic rings. The van der Waals surface area contributed by atoms with Crippen molar-refractivity contribution in [3.8, 4) is 0 Å². The van der Waals surface area contributed by atoms with Crippen molar-refractivity contribution in [1.82, 2.24) is 10.2 Å². The number of nitrogens with zero attached hydrogens (tertiary/aromatic N) is 3. The Morgan fingerprint density at radius 3 is 2.44 bits per heavy atom. The number of fused-ring (bicyclic) bond motifs is 1. The monoisotopic (exact) mass is 235 g/mol. The lowest BCUT2D eigenvalue weighted by Crippen LogP contribution is -2.14. The molecule has 0 aliphatic carbocycles. The highest BCUT2D eigenvalue weighted by Gasteiger charge is 2.22. The van der Waals surface area contributed by atoms with Crippen LogP contribution in [0.2, 0.25) is 0 Å². The van der Waals surface area contributed by atoms with Crippen molar-refractivity contribution in [2.75, 3.05) is 4.90 Å². The normalized spacial score (nSPS) is 14.2. The van der Waals surface area contributed by atoms with Gasteiger partial charge in [0, 0.05) is 13.1 Å². The highest BCUT2D eigenvalue weighted by molar-refractivity contribution is 6.16. The van der Waals surface area contributed by atoms with E-state index in [4.69, 9.17) is 16.0 Å². The quantitative estimate of drug-likeness (QED) is 0.750. The molecule has 1 aliphatic rings. The van der Waals surface area contributed by atoms with E-state index >= 15 is 0 Å². The maximum absolute atomic E-state index is 5.62. The smallest absolute Gasteiger partial charge is 0.318 e. The summed E-state index contributed by atoms with van der Waals surface area (Å²) in [5.74, 6) is 0.723. The van der Waals surface area contributed by atoms with Crippen LogP contribution in [-0.4, -0.2) is 10.2 Å². The van der Waals surface area contributed by atoms with Gasteiger partial charge in [-0.05, 0) is 11.1 Å². The van der Waals surface area contributed by atoms with Gasteiger partial charge in [-0.3, -0.25) is 0 Å². The van der Waals surface area contributed by atoms with Gasteiger partial charge in [0.1, 0.15) is 5.88 Å². The SMILES string of the molecule is ClCc1nnc(N2Cc3ccccc3C2)o1. The number of aromatic nitrogens is 2. The highest BCUT2D eigenvalue weighted by atomic mass is 35.5. The summed E-state index contributed by atoms with van der Waals surface area (Å²) >= 11 is 5.62. The van der Waals surface area contributed by atoms with Gasteiger partial charge in [0.05, 0.1) is 0 Å². The summed E-state index contributed by atoms with van der Waals surface area (Å²) in [6, 6.07) is 8.87. The standard InChI is InChI=1S/C11H10ClN3O/c12-5-10-13-14-11(16-10)15-6-8-3-1-2-4-9(8)7-15/h1-4H,5-7H2. The molecule has 0 saturated carbocycles. The zero-order valence-electron chi connectivity index (χ0n) is 8.56. The van der Waals surface area contributed by atoms with Crippen molar-refractivity contribution in [2.45, 2.75) is 19.0 Å². The largest absolute Gasteiger partial charge is 0.407 e. The number of benzene rings is 1. The van der Waals surface area contributed by atoms with Gasteiger partial charge >= 0.3 is 6.01 Å². The van der Waals surface area contributed by atoms with E-state index in [0.29, 0.717) is 11.9 Å². The number of hydrogen-bond donors (Lipinski definition) is 0. The Balaban J connectivity index is 1.85. The molecule has 1 aromatic heterocycles. The van der Waals surface area contributed by atoms with Gasteiger partial charge in [-0.1, -0.05) is 29.4 Å². The third-order valence-electron chi connectivity index (χ3n) is 2.68. The summed E-state index contributed by atoms with van der Waals surface area (Å²) in [5.41, 5.74) is 2.63. The van der Waals surface area contributed by atoms with Crippen molar-refractivity contribution in [3.05, 3.63) is 41.3 Å². The molecule has 0 unspecified atom stereocenters. The van der Waals surface area contributed by atoms with Crippen LogP contribution in [0.25, 0.3) is 0 Å². The maximum atomic E-state index is 5.62. The topological polar surface area (TPSA) is 42.2 Å². The first kappa shape index (κ1) is 9.66. The van der Waals surface area contributed by atoms with Gasteiger partial charge in [-0.25, -0.2) is 0 Å². The second kappa shape index (κ2) is 3.79. The van der Waals surface area contributed by atoms with E-state index in [1.807, 2.05) is 17.0 Å². The fourth-order valence-electron chi connectivity index (χ4n) is 1.89. The molecule has 0 atom stereocenters. The first-order valence-corrected chi connectivity index (χ1v) is 5.60. The van der Waals surface area contributed by atoms with Crippen LogP contribution in [0.4, 0.5) is 6.01 Å². The van der Waals surface area contributed by atoms with Crippen LogP contribution < -0.4 is 4.90 Å². The van der Waals surface area contributed by atoms with Gasteiger partial charge in [0.15, 0.2) is 0 Å². The highest BCUT2D eigenvalue weighted by Crippen LogP contribution is 2.26. The molecule has 0 saturated heterocycles. The summed E-state index contributed by atoms with van der Waals surface area (Å²) in [6.45, 7) is 1.64. The fraction of sp³-hybridized carbons (Fsp3) is 0.273. The lowest BCUT2D eigenvalue weighted by molar-refractivity contribution is 0.501. The van der Waals surface area contributed by atoms with Gasteiger partial charge in [0.2, 0.25) is 5.89 Å². The molecule has 0 N–H and O–H groups in total. The Morgan fingerprint density at radius 2 is 1.88 bits per heavy atom. The molecule has 16 heavy (non-hydrogen) atoms.